The number of aromatic nitrogens is 1. The molecule has 1 amide bonds. The molecule has 2 N–H and O–H groups in total. The van der Waals surface area contributed by atoms with Gasteiger partial charge in [-0.05, 0) is 37.1 Å². The zero-order chi connectivity index (χ0) is 24.0. The van der Waals surface area contributed by atoms with E-state index in [1.807, 2.05) is 42.5 Å². The highest BCUT2D eigenvalue weighted by molar-refractivity contribution is 6.10. The van der Waals surface area contributed by atoms with Crippen molar-refractivity contribution in [3.05, 3.63) is 60.3 Å². The predicted octanol–water partition coefficient (Wildman–Crippen LogP) is 3.16. The van der Waals surface area contributed by atoms with Crippen LogP contribution in [0.1, 0.15) is 23.2 Å². The van der Waals surface area contributed by atoms with Gasteiger partial charge < -0.3 is 24.8 Å². The summed E-state index contributed by atoms with van der Waals surface area (Å²) in [5.41, 5.74) is 1.29. The van der Waals surface area contributed by atoms with Crippen molar-refractivity contribution in [2.75, 3.05) is 62.8 Å². The molecule has 1 aromatic heterocycles. The summed E-state index contributed by atoms with van der Waals surface area (Å²) in [6.07, 6.45) is 2.84. The lowest BCUT2D eigenvalue weighted by Crippen LogP contribution is -2.38. The number of aliphatic hydroxyl groups excluding tert-OH is 1. The second kappa shape index (κ2) is 11.0. The van der Waals surface area contributed by atoms with Crippen LogP contribution >= 0.6 is 0 Å². The molecule has 0 radical (unpaired) electrons. The third-order valence-corrected chi connectivity index (χ3v) is 6.70. The van der Waals surface area contributed by atoms with Gasteiger partial charge in [0.15, 0.2) is 0 Å². The van der Waals surface area contributed by atoms with E-state index in [9.17, 15) is 9.90 Å². The van der Waals surface area contributed by atoms with E-state index < -0.39 is 0 Å². The SMILES string of the molecule is O=C(Nc1ccc(OCCN2CCOCC2)c2ccccc12)c1ccnc(N2CCC(O)CC2)c1. The summed E-state index contributed by atoms with van der Waals surface area (Å²) in [7, 11) is 0. The molecule has 0 spiro atoms. The predicted molar refractivity (Wildman–Crippen MR) is 136 cm³/mol. The highest BCUT2D eigenvalue weighted by atomic mass is 16.5. The number of carbonyl (C=O) groups is 1. The number of nitrogens with one attached hydrogen (secondary N) is 1. The first-order chi connectivity index (χ1) is 17.2. The maximum atomic E-state index is 13.1. The number of morpholine rings is 1. The Morgan fingerprint density at radius 3 is 2.63 bits per heavy atom. The molecular weight excluding hydrogens is 444 g/mol. The quantitative estimate of drug-likeness (QED) is 0.542. The number of fused-ring (bicyclic) bond motifs is 1. The Labute approximate surface area is 205 Å². The lowest BCUT2D eigenvalue weighted by molar-refractivity contribution is 0.0323. The molecule has 3 heterocycles. The van der Waals surface area contributed by atoms with Gasteiger partial charge in [0.1, 0.15) is 18.2 Å². The van der Waals surface area contributed by atoms with Crippen LogP contribution < -0.4 is 15.0 Å². The number of anilines is 2. The molecule has 2 aliphatic heterocycles. The average molecular weight is 477 g/mol. The molecule has 2 aliphatic rings. The molecule has 0 atom stereocenters. The molecule has 8 nitrogen and oxygen atoms in total. The van der Waals surface area contributed by atoms with Gasteiger partial charge in [-0.1, -0.05) is 24.3 Å². The van der Waals surface area contributed by atoms with E-state index in [0.717, 1.165) is 74.0 Å². The van der Waals surface area contributed by atoms with E-state index in [2.05, 4.69) is 20.1 Å². The number of aliphatic hydroxyl groups is 1. The first-order valence-corrected chi connectivity index (χ1v) is 12.3. The van der Waals surface area contributed by atoms with Crippen LogP contribution in [-0.4, -0.2) is 79.5 Å². The molecular formula is C27H32N4O4. The van der Waals surface area contributed by atoms with E-state index in [-0.39, 0.29) is 12.0 Å². The third kappa shape index (κ3) is 5.73. The molecule has 3 aromatic rings. The maximum absolute atomic E-state index is 13.1. The van der Waals surface area contributed by atoms with Crippen molar-refractivity contribution in [1.29, 1.82) is 0 Å². The van der Waals surface area contributed by atoms with Crippen LogP contribution in [0.15, 0.2) is 54.7 Å². The second-order valence-electron chi connectivity index (χ2n) is 9.03. The number of ether oxygens (including phenoxy) is 2. The van der Waals surface area contributed by atoms with Gasteiger partial charge in [-0.15, -0.1) is 0 Å². The third-order valence-electron chi connectivity index (χ3n) is 6.70. The van der Waals surface area contributed by atoms with Gasteiger partial charge in [0.2, 0.25) is 0 Å². The molecule has 0 saturated carbocycles. The van der Waals surface area contributed by atoms with Crippen LogP contribution in [0.4, 0.5) is 11.5 Å². The minimum absolute atomic E-state index is 0.183. The summed E-state index contributed by atoms with van der Waals surface area (Å²) < 4.78 is 11.5. The number of benzene rings is 2. The summed E-state index contributed by atoms with van der Waals surface area (Å²) in [6, 6.07) is 15.3. The second-order valence-corrected chi connectivity index (χ2v) is 9.03. The van der Waals surface area contributed by atoms with Crippen molar-refractivity contribution < 1.29 is 19.4 Å². The molecule has 0 aliphatic carbocycles. The number of hydrogen-bond acceptors (Lipinski definition) is 7. The van der Waals surface area contributed by atoms with Crippen molar-refractivity contribution in [3.63, 3.8) is 0 Å². The summed E-state index contributed by atoms with van der Waals surface area (Å²) in [5.74, 6) is 1.39. The van der Waals surface area contributed by atoms with Crippen molar-refractivity contribution in [1.82, 2.24) is 9.88 Å². The Kier molecular flexibility index (Phi) is 7.42. The van der Waals surface area contributed by atoms with Gasteiger partial charge in [-0.2, -0.15) is 0 Å². The normalized spacial score (nSPS) is 17.5. The van der Waals surface area contributed by atoms with Gasteiger partial charge in [0.25, 0.3) is 5.91 Å². The maximum Gasteiger partial charge on any atom is 0.255 e. The van der Waals surface area contributed by atoms with Crippen LogP contribution in [0.2, 0.25) is 0 Å². The number of carbonyl (C=O) groups excluding carboxylic acids is 1. The molecule has 2 fully saturated rings. The van der Waals surface area contributed by atoms with Crippen LogP contribution in [0, 0.1) is 0 Å². The topological polar surface area (TPSA) is 87.2 Å². The van der Waals surface area contributed by atoms with E-state index in [1.165, 1.54) is 0 Å². The van der Waals surface area contributed by atoms with E-state index >= 15 is 0 Å². The fraction of sp³-hybridized carbons (Fsp3) is 0.407. The molecule has 8 heteroatoms. The highest BCUT2D eigenvalue weighted by Gasteiger charge is 2.19. The number of rotatable bonds is 7. The minimum Gasteiger partial charge on any atom is -0.492 e. The summed E-state index contributed by atoms with van der Waals surface area (Å²) in [5, 5.41) is 14.7. The number of piperidine rings is 1. The molecule has 0 bridgehead atoms. The molecule has 2 saturated heterocycles. The molecule has 184 valence electrons. The Morgan fingerprint density at radius 2 is 1.83 bits per heavy atom. The van der Waals surface area contributed by atoms with Crippen molar-refractivity contribution in [2.24, 2.45) is 0 Å². The fourth-order valence-corrected chi connectivity index (χ4v) is 4.64. The molecule has 2 aromatic carbocycles. The Hall–Kier alpha value is -3.20. The van der Waals surface area contributed by atoms with Crippen molar-refractivity contribution >= 4 is 28.2 Å². The van der Waals surface area contributed by atoms with Gasteiger partial charge in [-0.25, -0.2) is 4.98 Å². The molecule has 5 rings (SSSR count). The Morgan fingerprint density at radius 1 is 1.06 bits per heavy atom. The zero-order valence-electron chi connectivity index (χ0n) is 19.9. The molecule has 0 unspecified atom stereocenters. The van der Waals surface area contributed by atoms with E-state index in [4.69, 9.17) is 9.47 Å². The number of nitrogens with zero attached hydrogens (tertiary/aromatic N) is 3. The number of pyridine rings is 1. The zero-order valence-corrected chi connectivity index (χ0v) is 19.9. The largest absolute Gasteiger partial charge is 0.492 e. The lowest BCUT2D eigenvalue weighted by atomic mass is 10.1. The van der Waals surface area contributed by atoms with Crippen LogP contribution in [0.25, 0.3) is 10.8 Å². The summed E-state index contributed by atoms with van der Waals surface area (Å²) in [4.78, 5) is 22.0. The van der Waals surface area contributed by atoms with E-state index in [1.54, 1.807) is 12.3 Å². The van der Waals surface area contributed by atoms with Crippen molar-refractivity contribution in [3.8, 4) is 5.75 Å². The number of hydrogen-bond donors (Lipinski definition) is 2. The van der Waals surface area contributed by atoms with Crippen LogP contribution in [-0.2, 0) is 4.74 Å². The summed E-state index contributed by atoms with van der Waals surface area (Å²) in [6.45, 7) is 6.35. The smallest absolute Gasteiger partial charge is 0.255 e. The fourth-order valence-electron chi connectivity index (χ4n) is 4.64. The van der Waals surface area contributed by atoms with Crippen LogP contribution in [0.3, 0.4) is 0 Å². The first kappa shape index (κ1) is 23.5. The standard InChI is InChI=1S/C27H32N4O4/c32-21-8-11-31(12-9-21)26-19-20(7-10-28-26)27(33)29-24-5-6-25(23-4-2-1-3-22(23)24)35-18-15-30-13-16-34-17-14-30/h1-7,10,19,21,32H,8-9,11-18H2,(H,29,33). The Balaban J connectivity index is 1.28. The van der Waals surface area contributed by atoms with Gasteiger partial charge in [0, 0.05) is 60.9 Å². The summed E-state index contributed by atoms with van der Waals surface area (Å²) >= 11 is 0. The monoisotopic (exact) mass is 476 g/mol. The van der Waals surface area contributed by atoms with Gasteiger partial charge >= 0.3 is 0 Å². The average Bonchev–Trinajstić information content (AvgIpc) is 2.91. The number of amides is 1. The Bertz CT molecular complexity index is 1160. The van der Waals surface area contributed by atoms with E-state index in [0.29, 0.717) is 25.0 Å². The first-order valence-electron chi connectivity index (χ1n) is 12.3. The minimum atomic E-state index is -0.252. The molecule has 35 heavy (non-hydrogen) atoms. The van der Waals surface area contributed by atoms with Gasteiger partial charge in [-0.3, -0.25) is 9.69 Å². The lowest BCUT2D eigenvalue weighted by Gasteiger charge is -2.30. The van der Waals surface area contributed by atoms with Gasteiger partial charge in [0.05, 0.1) is 19.3 Å². The van der Waals surface area contributed by atoms with Crippen molar-refractivity contribution in [2.45, 2.75) is 18.9 Å². The highest BCUT2D eigenvalue weighted by Crippen LogP contribution is 2.32. The van der Waals surface area contributed by atoms with Crippen LogP contribution in [0.5, 0.6) is 5.75 Å².